The Bertz CT molecular complexity index is 4290. The number of aliphatic hydroxyl groups is 1. The molecule has 0 radical (unpaired) electrons. The number of aliphatic imine (C=N–C) groups is 2. The number of terminal acetylenes is 2. The van der Waals surface area contributed by atoms with Crippen molar-refractivity contribution >= 4 is 60.9 Å². The van der Waals surface area contributed by atoms with Crippen molar-refractivity contribution in [1.82, 2.24) is 61.3 Å². The van der Waals surface area contributed by atoms with Crippen LogP contribution in [-0.4, -0.2) is 190 Å². The van der Waals surface area contributed by atoms with Gasteiger partial charge in [-0.25, -0.2) is 57.7 Å². The molecule has 0 bridgehead atoms. The maximum Gasteiger partial charge on any atom is 0.408 e. The van der Waals surface area contributed by atoms with E-state index in [1.807, 2.05) is 152 Å². The Morgan fingerprint density at radius 3 is 1.17 bits per heavy atom. The van der Waals surface area contributed by atoms with E-state index in [9.17, 15) is 38.4 Å². The third-order valence-electron chi connectivity index (χ3n) is 13.8. The lowest BCUT2D eigenvalue weighted by molar-refractivity contribution is -0.188. The number of rotatable bonds is 32. The van der Waals surface area contributed by atoms with Crippen LogP contribution in [0.2, 0.25) is 0 Å². The fourth-order valence-corrected chi connectivity index (χ4v) is 8.83. The second-order valence-electron chi connectivity index (χ2n) is 26.8. The highest BCUT2D eigenvalue weighted by Crippen LogP contribution is 2.15. The van der Waals surface area contributed by atoms with Crippen LogP contribution in [0.5, 0.6) is 0 Å². The average molecular weight is 1590 g/mol. The van der Waals surface area contributed by atoms with Gasteiger partial charge in [0.05, 0.1) is 50.6 Å². The summed E-state index contributed by atoms with van der Waals surface area (Å²) in [5.74, 6) is 0.608. The number of amides is 3. The van der Waals surface area contributed by atoms with Crippen molar-refractivity contribution in [2.24, 2.45) is 9.98 Å². The minimum absolute atomic E-state index is 0.0346. The van der Waals surface area contributed by atoms with E-state index in [4.69, 9.17) is 56.6 Å². The number of carboxylic acids is 2. The van der Waals surface area contributed by atoms with Crippen LogP contribution in [0.25, 0.3) is 0 Å². The van der Waals surface area contributed by atoms with Gasteiger partial charge >= 0.3 is 48.1 Å². The van der Waals surface area contributed by atoms with E-state index in [0.717, 1.165) is 47.7 Å². The van der Waals surface area contributed by atoms with E-state index >= 15 is 0 Å². The number of hydrogen-bond acceptors (Lipinski definition) is 27. The molecule has 5 aromatic carbocycles. The molecule has 0 unspecified atom stereocenters. The van der Waals surface area contributed by atoms with Crippen LogP contribution in [0.4, 0.5) is 14.4 Å². The molecule has 115 heavy (non-hydrogen) atoms. The Morgan fingerprint density at radius 1 is 0.470 bits per heavy atom. The standard InChI is InChI=1S/C24H28N4O4.C21H22N4O4.C17H21NO4.C10H15NO4.C7H10N4O4.CH4O/c1-24(2,3)32-23(30)25-21(22(29)31-17-19-12-8-5-9-13-19)14-20-16-28(27-26-20)15-18-10-6-4-7-11-18;1-27-29-16-22-20(21(26)28-15-18-10-6-3-7-11-18)12-19-14-25(24-23-19)13-17-8-4-2-5-9-17;1-5-9-14(18-16(20)22-17(2,3)4)15(19)21-12-13-10-7-6-8-11-13;1-5-6-7(8(12)13)11-9(14)15-10(2,3)4;1-14-15-4-8-6(7(12)13)2-5-3-9-11-10-5;1-2/h4-13,16,21H,14-15,17H2,1-3H3,(H,25,30);2-11,14,16,20H,12-13,15H2,1H3;1,6-8,10-11,14H,9,12H2,2-4H3,(H,18,20);1,7H,6H2,2-4H3,(H,11,14)(H,12,13);3-4,6H,2H2,1H3,(H,12,13)(H,9,10,11);2H,1H3/t21-;20-;14-;7-;6-;/m00000./s1. The van der Waals surface area contributed by atoms with Crippen molar-refractivity contribution in [3.8, 4) is 24.7 Å². The van der Waals surface area contributed by atoms with Gasteiger partial charge in [-0.2, -0.15) is 25.2 Å². The lowest BCUT2D eigenvalue weighted by Crippen LogP contribution is -2.45. The molecular weight excluding hydrogens is 1490 g/mol. The van der Waals surface area contributed by atoms with Crippen LogP contribution < -0.4 is 16.0 Å². The molecule has 5 atom stereocenters. The maximum absolute atomic E-state index is 12.8. The van der Waals surface area contributed by atoms with Crippen molar-refractivity contribution in [2.45, 2.75) is 174 Å². The Balaban J connectivity index is 0.000000382. The summed E-state index contributed by atoms with van der Waals surface area (Å²) in [6.07, 6.45) is 15.4. The van der Waals surface area contributed by atoms with E-state index in [-0.39, 0.29) is 51.9 Å². The van der Waals surface area contributed by atoms with Crippen LogP contribution in [-0.2, 0) is 124 Å². The molecule has 616 valence electrons. The number of esters is 3. The van der Waals surface area contributed by atoms with Crippen molar-refractivity contribution in [3.05, 3.63) is 215 Å². The molecule has 35 heteroatoms. The zero-order valence-corrected chi connectivity index (χ0v) is 66.1. The Hall–Kier alpha value is -13.4. The summed E-state index contributed by atoms with van der Waals surface area (Å²) in [5.41, 5.74) is 4.46. The highest BCUT2D eigenvalue weighted by molar-refractivity contribution is 5.83. The second-order valence-corrected chi connectivity index (χ2v) is 26.8. The first-order valence-corrected chi connectivity index (χ1v) is 35.3. The zero-order valence-electron chi connectivity index (χ0n) is 66.1. The van der Waals surface area contributed by atoms with Crippen LogP contribution in [0.15, 0.2) is 180 Å². The van der Waals surface area contributed by atoms with Crippen molar-refractivity contribution in [3.63, 3.8) is 0 Å². The highest BCUT2D eigenvalue weighted by Gasteiger charge is 2.29. The van der Waals surface area contributed by atoms with Crippen molar-refractivity contribution < 1.29 is 102 Å². The molecule has 8 aromatic rings. The smallest absolute Gasteiger partial charge is 0.408 e. The molecule has 7 N–H and O–H groups in total. The van der Waals surface area contributed by atoms with Crippen LogP contribution in [0.1, 0.15) is 120 Å². The first-order chi connectivity index (χ1) is 54.8. The molecule has 35 nitrogen and oxygen atoms in total. The molecule has 0 saturated carbocycles. The number of aliphatic hydroxyl groups excluding tert-OH is 1. The number of carbonyl (C=O) groups excluding carboxylic acids is 6. The number of nitrogens with one attached hydrogen (secondary N) is 4. The molecule has 0 fully saturated rings. The van der Waals surface area contributed by atoms with Crippen LogP contribution >= 0.6 is 0 Å². The largest absolute Gasteiger partial charge is 0.480 e. The van der Waals surface area contributed by atoms with Gasteiger partial charge in [0.2, 0.25) is 12.8 Å². The number of nitrogens with zero attached hydrogens (tertiary/aromatic N) is 10. The SMILES string of the molecule is C#CC[C@H](NC(=O)OC(C)(C)C)C(=O)O.C#CC[C@H](NC(=O)OC(C)(C)C)C(=O)OCc1ccccc1.CC(C)(C)OC(=O)N[C@@H](Cc1cn(Cc2ccccc2)nn1)C(=O)OCc1ccccc1.CO.COOC=N[C@@H](Cc1cn(Cc2ccccc2)nn1)C(=O)OCc1ccccc1.COOC=N[C@@H](Cc1cn[nH]n1)C(=O)O. The summed E-state index contributed by atoms with van der Waals surface area (Å²) >= 11 is 0. The molecule has 3 amide bonds. The van der Waals surface area contributed by atoms with Gasteiger partial charge in [-0.05, 0) is 90.1 Å². The number of hydrogen-bond donors (Lipinski definition) is 7. The van der Waals surface area contributed by atoms with E-state index in [2.05, 4.69) is 93.4 Å². The Labute approximate surface area is 666 Å². The first-order valence-electron chi connectivity index (χ1n) is 35.3. The van der Waals surface area contributed by atoms with Gasteiger partial charge in [0.25, 0.3) is 0 Å². The van der Waals surface area contributed by atoms with Crippen LogP contribution in [0.3, 0.4) is 0 Å². The molecule has 0 spiro atoms. The van der Waals surface area contributed by atoms with E-state index < -0.39 is 95.1 Å². The normalized spacial score (nSPS) is 12.0. The van der Waals surface area contributed by atoms with Gasteiger partial charge in [0, 0.05) is 51.6 Å². The Kier molecular flexibility index (Phi) is 43.9. The predicted octanol–water partition coefficient (Wildman–Crippen LogP) is 8.74. The van der Waals surface area contributed by atoms with Gasteiger partial charge < -0.3 is 69.5 Å². The van der Waals surface area contributed by atoms with Gasteiger partial charge in [-0.15, -0.1) is 34.9 Å². The number of carbonyl (C=O) groups is 8. The summed E-state index contributed by atoms with van der Waals surface area (Å²) in [6, 6.07) is 43.0. The molecule has 3 aromatic heterocycles. The summed E-state index contributed by atoms with van der Waals surface area (Å²) in [7, 11) is 3.64. The average Bonchev–Trinajstić information content (AvgIpc) is 1.78. The number of H-pyrrole nitrogens is 1. The van der Waals surface area contributed by atoms with Gasteiger partial charge in [0.1, 0.15) is 54.7 Å². The number of benzene rings is 5. The van der Waals surface area contributed by atoms with Crippen LogP contribution in [0, 0.1) is 24.7 Å². The monoisotopic (exact) mass is 1590 g/mol. The molecule has 0 saturated heterocycles. The molecule has 0 aliphatic carbocycles. The maximum atomic E-state index is 12.8. The van der Waals surface area contributed by atoms with E-state index in [1.165, 1.54) is 20.4 Å². The quantitative estimate of drug-likeness (QED) is 0.00394. The Morgan fingerprint density at radius 2 is 0.809 bits per heavy atom. The second kappa shape index (κ2) is 52.7. The third kappa shape index (κ3) is 43.7. The summed E-state index contributed by atoms with van der Waals surface area (Å²) < 4.78 is 34.7. The fourth-order valence-electron chi connectivity index (χ4n) is 8.83. The van der Waals surface area contributed by atoms with Gasteiger partial charge in [-0.3, -0.25) is 0 Å². The van der Waals surface area contributed by atoms with Gasteiger partial charge in [-0.1, -0.05) is 162 Å². The molecule has 8 rings (SSSR count). The predicted molar refractivity (Wildman–Crippen MR) is 418 cm³/mol. The number of ether oxygens (including phenoxy) is 6. The number of alkyl carbamates (subject to hydrolysis) is 3. The number of aliphatic carboxylic acids is 2. The molecule has 0 aliphatic rings. The minimum atomic E-state index is -1.18. The number of carboxylic acid groups (broad SMARTS) is 2. The first kappa shape index (κ1) is 95.8. The number of aromatic amines is 1. The summed E-state index contributed by atoms with van der Waals surface area (Å²) in [6.45, 7) is 17.0. The van der Waals surface area contributed by atoms with E-state index in [1.54, 1.807) is 84.1 Å². The van der Waals surface area contributed by atoms with Crippen molar-refractivity contribution in [2.75, 3.05) is 21.3 Å². The fraction of sp³-hybridized carbons (Fsp3) is 0.375. The van der Waals surface area contributed by atoms with Gasteiger partial charge in [0.15, 0.2) is 12.1 Å². The molecule has 3 heterocycles. The van der Waals surface area contributed by atoms with Crippen molar-refractivity contribution in [1.29, 1.82) is 0 Å². The molecular formula is C80H100N14O21. The topological polar surface area (TPSA) is 453 Å². The minimum Gasteiger partial charge on any atom is -0.480 e. The van der Waals surface area contributed by atoms with E-state index in [0.29, 0.717) is 30.2 Å². The summed E-state index contributed by atoms with van der Waals surface area (Å²) in [5, 5.41) is 57.9. The lowest BCUT2D eigenvalue weighted by Gasteiger charge is -2.22. The molecule has 0 aliphatic heterocycles. The third-order valence-corrected chi connectivity index (χ3v) is 13.8. The summed E-state index contributed by atoms with van der Waals surface area (Å²) in [4.78, 5) is 119. The number of aromatic nitrogens is 9. The zero-order chi connectivity index (χ0) is 85.0. The lowest BCUT2D eigenvalue weighted by atomic mass is 10.1. The highest BCUT2D eigenvalue weighted by atomic mass is 17.2.